The van der Waals surface area contributed by atoms with Crippen molar-refractivity contribution < 1.29 is 19.0 Å². The Balaban J connectivity index is 1.58. The maximum atomic E-state index is 12.4. The highest BCUT2D eigenvalue weighted by Crippen LogP contribution is 2.28. The molecule has 0 aliphatic rings. The summed E-state index contributed by atoms with van der Waals surface area (Å²) in [5.41, 5.74) is 5.88. The van der Waals surface area contributed by atoms with E-state index in [0.717, 1.165) is 11.1 Å². The van der Waals surface area contributed by atoms with Crippen molar-refractivity contribution in [2.45, 2.75) is 20.5 Å². The standard InChI is InChI=1S/C25H25ClN2O4/c1-4-31-23-12-10-20(14-24(23)30-3)25(29)28-27-15-19-9-11-22(21(26)13-19)32-16-18-7-5-17(2)6-8-18/h5-15H,4,16H2,1-3H3,(H,28,29)/b27-15+. The van der Waals surface area contributed by atoms with Gasteiger partial charge >= 0.3 is 0 Å². The second-order valence-electron chi connectivity index (χ2n) is 6.96. The van der Waals surface area contributed by atoms with Gasteiger partial charge in [-0.15, -0.1) is 0 Å². The van der Waals surface area contributed by atoms with Gasteiger partial charge in [0, 0.05) is 5.56 Å². The molecule has 1 N–H and O–H groups in total. The first-order chi connectivity index (χ1) is 15.5. The van der Waals surface area contributed by atoms with Crippen LogP contribution in [0.4, 0.5) is 0 Å². The van der Waals surface area contributed by atoms with Crippen LogP contribution >= 0.6 is 11.6 Å². The largest absolute Gasteiger partial charge is 0.493 e. The fourth-order valence-corrected chi connectivity index (χ4v) is 3.12. The average molecular weight is 453 g/mol. The van der Waals surface area contributed by atoms with Crippen molar-refractivity contribution in [1.82, 2.24) is 5.43 Å². The van der Waals surface area contributed by atoms with E-state index in [1.165, 1.54) is 18.9 Å². The lowest BCUT2D eigenvalue weighted by atomic mass is 10.2. The third kappa shape index (κ3) is 6.25. The second kappa shape index (κ2) is 11.2. The van der Waals surface area contributed by atoms with E-state index in [9.17, 15) is 4.79 Å². The summed E-state index contributed by atoms with van der Waals surface area (Å²) in [6.45, 7) is 4.85. The molecule has 166 valence electrons. The summed E-state index contributed by atoms with van der Waals surface area (Å²) in [5, 5.41) is 4.47. The van der Waals surface area contributed by atoms with E-state index in [4.69, 9.17) is 25.8 Å². The number of rotatable bonds is 9. The van der Waals surface area contributed by atoms with Gasteiger partial charge in [0.2, 0.25) is 0 Å². The normalized spacial score (nSPS) is 10.8. The summed E-state index contributed by atoms with van der Waals surface area (Å²) in [6, 6.07) is 18.4. The van der Waals surface area contributed by atoms with Gasteiger partial charge in [-0.2, -0.15) is 5.10 Å². The molecule has 32 heavy (non-hydrogen) atoms. The Morgan fingerprint density at radius 1 is 1.00 bits per heavy atom. The van der Waals surface area contributed by atoms with E-state index < -0.39 is 0 Å². The van der Waals surface area contributed by atoms with Crippen LogP contribution < -0.4 is 19.6 Å². The number of hydrogen-bond donors (Lipinski definition) is 1. The fraction of sp³-hybridized carbons (Fsp3) is 0.200. The predicted octanol–water partition coefficient (Wildman–Crippen LogP) is 5.40. The van der Waals surface area contributed by atoms with Crippen LogP contribution in [0.15, 0.2) is 65.8 Å². The molecule has 0 atom stereocenters. The van der Waals surface area contributed by atoms with Gasteiger partial charge in [-0.05, 0) is 61.4 Å². The first-order valence-corrected chi connectivity index (χ1v) is 10.5. The van der Waals surface area contributed by atoms with Gasteiger partial charge < -0.3 is 14.2 Å². The molecule has 0 bridgehead atoms. The van der Waals surface area contributed by atoms with Crippen molar-refractivity contribution in [3.63, 3.8) is 0 Å². The monoisotopic (exact) mass is 452 g/mol. The van der Waals surface area contributed by atoms with Crippen LogP contribution in [0.5, 0.6) is 17.2 Å². The summed E-state index contributed by atoms with van der Waals surface area (Å²) in [4.78, 5) is 12.4. The Hall–Kier alpha value is -3.51. The molecule has 3 aromatic rings. The Kier molecular flexibility index (Phi) is 8.11. The quantitative estimate of drug-likeness (QED) is 0.348. The number of ether oxygens (including phenoxy) is 3. The van der Waals surface area contributed by atoms with Crippen LogP contribution in [0, 0.1) is 6.92 Å². The third-order valence-corrected chi connectivity index (χ3v) is 4.87. The van der Waals surface area contributed by atoms with E-state index in [1.54, 1.807) is 30.3 Å². The molecule has 3 rings (SSSR count). The summed E-state index contributed by atoms with van der Waals surface area (Å²) in [5.74, 6) is 1.27. The minimum Gasteiger partial charge on any atom is -0.493 e. The lowest BCUT2D eigenvalue weighted by Crippen LogP contribution is -2.17. The number of hydrazone groups is 1. The summed E-state index contributed by atoms with van der Waals surface area (Å²) in [6.07, 6.45) is 1.51. The number of carbonyl (C=O) groups is 1. The minimum absolute atomic E-state index is 0.369. The topological polar surface area (TPSA) is 69.2 Å². The lowest BCUT2D eigenvalue weighted by molar-refractivity contribution is 0.0954. The fourth-order valence-electron chi connectivity index (χ4n) is 2.87. The van der Waals surface area contributed by atoms with Gasteiger partial charge in [0.15, 0.2) is 11.5 Å². The summed E-state index contributed by atoms with van der Waals surface area (Å²) >= 11 is 6.33. The van der Waals surface area contributed by atoms with Crippen LogP contribution in [0.3, 0.4) is 0 Å². The molecule has 0 unspecified atom stereocenters. The molecular weight excluding hydrogens is 428 g/mol. The summed E-state index contributed by atoms with van der Waals surface area (Å²) in [7, 11) is 1.52. The number of nitrogens with zero attached hydrogens (tertiary/aromatic N) is 1. The maximum absolute atomic E-state index is 12.4. The van der Waals surface area contributed by atoms with Crippen molar-refractivity contribution >= 4 is 23.7 Å². The molecule has 0 saturated heterocycles. The van der Waals surface area contributed by atoms with Crippen LogP contribution in [0.25, 0.3) is 0 Å². The van der Waals surface area contributed by atoms with Crippen LogP contribution in [0.1, 0.15) is 34.0 Å². The van der Waals surface area contributed by atoms with Crippen molar-refractivity contribution in [1.29, 1.82) is 0 Å². The smallest absolute Gasteiger partial charge is 0.271 e. The number of halogens is 1. The molecule has 7 heteroatoms. The first-order valence-electron chi connectivity index (χ1n) is 10.1. The SMILES string of the molecule is CCOc1ccc(C(=O)N/N=C/c2ccc(OCc3ccc(C)cc3)c(Cl)c2)cc1OC. The van der Waals surface area contributed by atoms with Gasteiger partial charge in [-0.25, -0.2) is 5.43 Å². The minimum atomic E-state index is -0.369. The molecule has 0 spiro atoms. The molecule has 6 nitrogen and oxygen atoms in total. The summed E-state index contributed by atoms with van der Waals surface area (Å²) < 4.78 is 16.5. The molecule has 0 aliphatic heterocycles. The van der Waals surface area contributed by atoms with Gasteiger partial charge in [0.25, 0.3) is 5.91 Å². The molecule has 0 radical (unpaired) electrons. The highest BCUT2D eigenvalue weighted by Gasteiger charge is 2.10. The molecular formula is C25H25ClN2O4. The molecule has 0 heterocycles. The average Bonchev–Trinajstić information content (AvgIpc) is 2.80. The zero-order valence-corrected chi connectivity index (χ0v) is 19.0. The molecule has 0 fully saturated rings. The van der Waals surface area contributed by atoms with Crippen LogP contribution in [0.2, 0.25) is 5.02 Å². The van der Waals surface area contributed by atoms with E-state index in [1.807, 2.05) is 44.2 Å². The van der Waals surface area contributed by atoms with Gasteiger partial charge in [-0.3, -0.25) is 4.79 Å². The van der Waals surface area contributed by atoms with Crippen LogP contribution in [-0.2, 0) is 6.61 Å². The zero-order chi connectivity index (χ0) is 22.9. The molecule has 0 aromatic heterocycles. The number of methoxy groups -OCH3 is 1. The van der Waals surface area contributed by atoms with E-state index in [0.29, 0.717) is 41.0 Å². The van der Waals surface area contributed by atoms with Crippen molar-refractivity contribution in [3.8, 4) is 17.2 Å². The van der Waals surface area contributed by atoms with Crippen molar-refractivity contribution in [3.05, 3.63) is 87.9 Å². The molecule has 3 aromatic carbocycles. The van der Waals surface area contributed by atoms with Gasteiger partial charge in [-0.1, -0.05) is 41.4 Å². The van der Waals surface area contributed by atoms with E-state index in [-0.39, 0.29) is 5.91 Å². The lowest BCUT2D eigenvalue weighted by Gasteiger charge is -2.10. The Bertz CT molecular complexity index is 1100. The molecule has 0 saturated carbocycles. The van der Waals surface area contributed by atoms with E-state index >= 15 is 0 Å². The predicted molar refractivity (Wildman–Crippen MR) is 126 cm³/mol. The van der Waals surface area contributed by atoms with E-state index in [2.05, 4.69) is 10.5 Å². The van der Waals surface area contributed by atoms with Gasteiger partial charge in [0.1, 0.15) is 12.4 Å². The highest BCUT2D eigenvalue weighted by molar-refractivity contribution is 6.32. The van der Waals surface area contributed by atoms with Crippen molar-refractivity contribution in [2.24, 2.45) is 5.10 Å². The Morgan fingerprint density at radius 2 is 1.75 bits per heavy atom. The number of amides is 1. The Labute approximate surface area is 192 Å². The zero-order valence-electron chi connectivity index (χ0n) is 18.2. The Morgan fingerprint density at radius 3 is 2.44 bits per heavy atom. The number of nitrogens with one attached hydrogen (secondary N) is 1. The van der Waals surface area contributed by atoms with Crippen LogP contribution in [-0.4, -0.2) is 25.8 Å². The van der Waals surface area contributed by atoms with Gasteiger partial charge in [0.05, 0.1) is 25.0 Å². The number of aryl methyl sites for hydroxylation is 1. The number of benzene rings is 3. The number of carbonyl (C=O) groups excluding carboxylic acids is 1. The second-order valence-corrected chi connectivity index (χ2v) is 7.37. The maximum Gasteiger partial charge on any atom is 0.271 e. The molecule has 0 aliphatic carbocycles. The highest BCUT2D eigenvalue weighted by atomic mass is 35.5. The molecule has 1 amide bonds. The number of hydrogen-bond acceptors (Lipinski definition) is 5. The van der Waals surface area contributed by atoms with Crippen molar-refractivity contribution in [2.75, 3.05) is 13.7 Å². The third-order valence-electron chi connectivity index (χ3n) is 4.58. The first kappa shape index (κ1) is 23.2.